The van der Waals surface area contributed by atoms with E-state index in [0.29, 0.717) is 27.9 Å². The number of rotatable bonds is 4. The van der Waals surface area contributed by atoms with Crippen molar-refractivity contribution in [2.24, 2.45) is 0 Å². The summed E-state index contributed by atoms with van der Waals surface area (Å²) in [5, 5.41) is 8.68. The average molecular weight is 471 g/mol. The van der Waals surface area contributed by atoms with Crippen molar-refractivity contribution in [2.45, 2.75) is 25.4 Å². The Hall–Kier alpha value is -2.62. The minimum atomic E-state index is -0.300. The first-order valence-electron chi connectivity index (χ1n) is 9.73. The first-order valence-corrected chi connectivity index (χ1v) is 10.5. The average Bonchev–Trinajstić information content (AvgIpc) is 3.39. The summed E-state index contributed by atoms with van der Waals surface area (Å²) in [7, 11) is 0. The minimum Gasteiger partial charge on any atom is -0.383 e. The number of pyridine rings is 1. The number of nitrogen functional groups attached to an aromatic ring is 1. The van der Waals surface area contributed by atoms with Crippen molar-refractivity contribution in [1.82, 2.24) is 24.9 Å². The Morgan fingerprint density at radius 3 is 3.00 bits per heavy atom. The molecule has 1 aromatic carbocycles. The predicted molar refractivity (Wildman–Crippen MR) is 117 cm³/mol. The van der Waals surface area contributed by atoms with Crippen LogP contribution in [-0.2, 0) is 4.74 Å². The lowest BCUT2D eigenvalue weighted by atomic mass is 10.1. The Bertz CT molecular complexity index is 1250. The van der Waals surface area contributed by atoms with E-state index >= 15 is 0 Å². The van der Waals surface area contributed by atoms with E-state index in [0.717, 1.165) is 35.4 Å². The highest BCUT2D eigenvalue weighted by Gasteiger charge is 2.23. The molecule has 0 saturated carbocycles. The summed E-state index contributed by atoms with van der Waals surface area (Å²) in [5.41, 5.74) is 10.1. The Labute approximate surface area is 180 Å². The van der Waals surface area contributed by atoms with Crippen LogP contribution in [0.2, 0.25) is 0 Å². The summed E-state index contributed by atoms with van der Waals surface area (Å²) in [6.07, 6.45) is 4.42. The molecule has 30 heavy (non-hydrogen) atoms. The summed E-state index contributed by atoms with van der Waals surface area (Å²) in [6, 6.07) is 6.67. The van der Waals surface area contributed by atoms with Gasteiger partial charge < -0.3 is 15.8 Å². The third-order valence-corrected chi connectivity index (χ3v) is 6.24. The molecule has 0 aliphatic carbocycles. The molecule has 1 unspecified atom stereocenters. The lowest BCUT2D eigenvalue weighted by Gasteiger charge is -2.20. The van der Waals surface area contributed by atoms with Crippen molar-refractivity contribution >= 4 is 38.3 Å². The zero-order chi connectivity index (χ0) is 20.8. The van der Waals surface area contributed by atoms with Crippen molar-refractivity contribution in [1.29, 1.82) is 0 Å². The van der Waals surface area contributed by atoms with Crippen LogP contribution in [0.1, 0.15) is 25.1 Å². The lowest BCUT2D eigenvalue weighted by Crippen LogP contribution is -2.32. The molecule has 5 rings (SSSR count). The maximum Gasteiger partial charge on any atom is 0.165 e. The predicted octanol–water partition coefficient (Wildman–Crippen LogP) is 3.87. The van der Waals surface area contributed by atoms with Crippen molar-refractivity contribution in [3.63, 3.8) is 0 Å². The molecule has 0 spiro atoms. The van der Waals surface area contributed by atoms with Gasteiger partial charge in [-0.1, -0.05) is 0 Å². The highest BCUT2D eigenvalue weighted by molar-refractivity contribution is 9.10. The molecule has 4 aromatic rings. The van der Waals surface area contributed by atoms with Gasteiger partial charge in [-0.3, -0.25) is 4.98 Å². The third kappa shape index (κ3) is 3.32. The maximum atomic E-state index is 13.7. The number of anilines is 1. The molecule has 7 nitrogen and oxygen atoms in total. The second-order valence-corrected chi connectivity index (χ2v) is 8.29. The number of ether oxygens (including phenoxy) is 1. The molecule has 3 N–H and O–H groups in total. The van der Waals surface area contributed by atoms with E-state index in [-0.39, 0.29) is 17.9 Å². The summed E-state index contributed by atoms with van der Waals surface area (Å²) >= 11 is 3.58. The standard InChI is InChI=1S/C21H20BrFN6O/c1-11(27-15-4-5-30-10-15)19-18(22)20(24)29-21(28-19)16(9-26-29)13-6-12-7-14(23)2-3-17(12)25-8-13/h2-3,6-9,11,15,27H,4-5,10,24H2,1H3/t11?,15-/m1/s1. The summed E-state index contributed by atoms with van der Waals surface area (Å²) in [6.45, 7) is 3.51. The van der Waals surface area contributed by atoms with Crippen LogP contribution < -0.4 is 11.1 Å². The van der Waals surface area contributed by atoms with Gasteiger partial charge in [-0.25, -0.2) is 9.37 Å². The molecule has 1 aliphatic rings. The zero-order valence-corrected chi connectivity index (χ0v) is 17.9. The lowest BCUT2D eigenvalue weighted by molar-refractivity contribution is 0.188. The summed E-state index contributed by atoms with van der Waals surface area (Å²) in [4.78, 5) is 9.33. The van der Waals surface area contributed by atoms with E-state index < -0.39 is 0 Å². The highest BCUT2D eigenvalue weighted by atomic mass is 79.9. The van der Waals surface area contributed by atoms with Crippen LogP contribution in [-0.4, -0.2) is 38.8 Å². The van der Waals surface area contributed by atoms with Crippen LogP contribution in [0.4, 0.5) is 10.2 Å². The SMILES string of the molecule is CC(N[C@@H]1CCOC1)c1nc2c(-c3cnc4ccc(F)cc4c3)cnn2c(N)c1Br. The molecule has 1 saturated heterocycles. The molecule has 154 valence electrons. The number of nitrogens with two attached hydrogens (primary N) is 1. The Balaban J connectivity index is 1.60. The molecule has 2 atom stereocenters. The van der Waals surface area contributed by atoms with Gasteiger partial charge >= 0.3 is 0 Å². The molecule has 4 heterocycles. The van der Waals surface area contributed by atoms with Crippen LogP contribution in [0.25, 0.3) is 27.7 Å². The zero-order valence-electron chi connectivity index (χ0n) is 16.3. The van der Waals surface area contributed by atoms with E-state index in [2.05, 4.69) is 38.3 Å². The van der Waals surface area contributed by atoms with E-state index in [1.165, 1.54) is 12.1 Å². The number of nitrogens with one attached hydrogen (secondary N) is 1. The van der Waals surface area contributed by atoms with Crippen LogP contribution in [0.3, 0.4) is 0 Å². The fourth-order valence-corrected chi connectivity index (χ4v) is 4.45. The molecular formula is C21H20BrFN6O. The summed E-state index contributed by atoms with van der Waals surface area (Å²) < 4.78 is 21.4. The number of fused-ring (bicyclic) bond motifs is 2. The van der Waals surface area contributed by atoms with Crippen LogP contribution in [0.15, 0.2) is 41.1 Å². The fraction of sp³-hybridized carbons (Fsp3) is 0.286. The van der Waals surface area contributed by atoms with E-state index in [1.54, 1.807) is 23.0 Å². The summed E-state index contributed by atoms with van der Waals surface area (Å²) in [5.74, 6) is 0.169. The second kappa shape index (κ2) is 7.57. The number of nitrogens with zero attached hydrogens (tertiary/aromatic N) is 4. The fourth-order valence-electron chi connectivity index (χ4n) is 3.85. The Morgan fingerprint density at radius 1 is 1.33 bits per heavy atom. The van der Waals surface area contributed by atoms with E-state index in [1.807, 2.05) is 6.07 Å². The number of halogens is 2. The molecule has 1 fully saturated rings. The number of hydrogen-bond acceptors (Lipinski definition) is 6. The van der Waals surface area contributed by atoms with E-state index in [9.17, 15) is 4.39 Å². The van der Waals surface area contributed by atoms with Gasteiger partial charge in [-0.05, 0) is 53.5 Å². The Morgan fingerprint density at radius 2 is 2.20 bits per heavy atom. The Kier molecular flexibility index (Phi) is 4.88. The maximum absolute atomic E-state index is 13.7. The first-order chi connectivity index (χ1) is 14.5. The van der Waals surface area contributed by atoms with Gasteiger partial charge in [0.25, 0.3) is 0 Å². The van der Waals surface area contributed by atoms with Gasteiger partial charge in [0.2, 0.25) is 0 Å². The number of aromatic nitrogens is 4. The molecule has 0 bridgehead atoms. The van der Waals surface area contributed by atoms with Crippen LogP contribution >= 0.6 is 15.9 Å². The monoisotopic (exact) mass is 470 g/mol. The van der Waals surface area contributed by atoms with Crippen molar-refractivity contribution < 1.29 is 9.13 Å². The largest absolute Gasteiger partial charge is 0.383 e. The topological polar surface area (TPSA) is 90.4 Å². The van der Waals surface area contributed by atoms with Crippen LogP contribution in [0, 0.1) is 5.82 Å². The number of hydrogen-bond donors (Lipinski definition) is 2. The van der Waals surface area contributed by atoms with Gasteiger partial charge in [0.05, 0.1) is 28.5 Å². The van der Waals surface area contributed by atoms with Gasteiger partial charge in [-0.2, -0.15) is 9.61 Å². The van der Waals surface area contributed by atoms with Gasteiger partial charge in [-0.15, -0.1) is 0 Å². The normalized spacial score (nSPS) is 17.8. The van der Waals surface area contributed by atoms with Crippen molar-refractivity contribution in [2.75, 3.05) is 18.9 Å². The smallest absolute Gasteiger partial charge is 0.165 e. The van der Waals surface area contributed by atoms with Gasteiger partial charge in [0, 0.05) is 41.4 Å². The van der Waals surface area contributed by atoms with Crippen LogP contribution in [0.5, 0.6) is 0 Å². The van der Waals surface area contributed by atoms with Gasteiger partial charge in [0.1, 0.15) is 11.6 Å². The first kappa shape index (κ1) is 19.3. The molecule has 9 heteroatoms. The second-order valence-electron chi connectivity index (χ2n) is 7.50. The molecule has 1 aliphatic heterocycles. The van der Waals surface area contributed by atoms with Gasteiger partial charge in [0.15, 0.2) is 5.65 Å². The number of benzene rings is 1. The molecular weight excluding hydrogens is 451 g/mol. The quantitative estimate of drug-likeness (QED) is 0.470. The van der Waals surface area contributed by atoms with E-state index in [4.69, 9.17) is 15.5 Å². The molecule has 0 amide bonds. The van der Waals surface area contributed by atoms with Crippen molar-refractivity contribution in [3.8, 4) is 11.1 Å². The molecule has 3 aromatic heterocycles. The third-order valence-electron chi connectivity index (χ3n) is 5.43. The van der Waals surface area contributed by atoms with Crippen molar-refractivity contribution in [3.05, 3.63) is 52.6 Å². The minimum absolute atomic E-state index is 0.0371. The highest BCUT2D eigenvalue weighted by Crippen LogP contribution is 2.33. The molecule has 0 radical (unpaired) electrons.